The summed E-state index contributed by atoms with van der Waals surface area (Å²) in [6.07, 6.45) is 0.888. The Balaban J connectivity index is 2.87. The number of rotatable bonds is 4. The van der Waals surface area contributed by atoms with Crippen LogP contribution in [0.5, 0.6) is 5.88 Å². The van der Waals surface area contributed by atoms with Gasteiger partial charge in [-0.05, 0) is 26.3 Å². The van der Waals surface area contributed by atoms with Gasteiger partial charge in [-0.25, -0.2) is 4.98 Å². The Hall–Kier alpha value is -1.58. The quantitative estimate of drug-likeness (QED) is 0.585. The van der Waals surface area contributed by atoms with E-state index in [0.717, 1.165) is 6.42 Å². The van der Waals surface area contributed by atoms with Gasteiger partial charge in [-0.2, -0.15) is 0 Å². The van der Waals surface area contributed by atoms with Crippen molar-refractivity contribution in [2.75, 3.05) is 0 Å². The average Bonchev–Trinajstić information content (AvgIpc) is 2.17. The summed E-state index contributed by atoms with van der Waals surface area (Å²) >= 11 is 0. The molecule has 0 saturated heterocycles. The average molecular weight is 207 g/mol. The summed E-state index contributed by atoms with van der Waals surface area (Å²) in [6, 6.07) is 5.24. The van der Waals surface area contributed by atoms with Crippen molar-refractivity contribution < 1.29 is 4.74 Å². The highest BCUT2D eigenvalue weighted by atomic mass is 16.5. The van der Waals surface area contributed by atoms with Crippen molar-refractivity contribution >= 4 is 5.84 Å². The minimum atomic E-state index is -0.248. The van der Waals surface area contributed by atoms with Gasteiger partial charge in [-0.1, -0.05) is 13.0 Å². The normalized spacial score (nSPS) is 11.1. The number of nitrogens with one attached hydrogen (secondary N) is 1. The smallest absolute Gasteiger partial charge is 0.214 e. The molecule has 0 aliphatic heterocycles. The van der Waals surface area contributed by atoms with Gasteiger partial charge in [0.05, 0.1) is 0 Å². The van der Waals surface area contributed by atoms with Crippen LogP contribution >= 0.6 is 0 Å². The Bertz CT molecular complexity index is 361. The monoisotopic (exact) mass is 207 g/mol. The molecular formula is C11H17N3O. The molecule has 1 rings (SSSR count). The van der Waals surface area contributed by atoms with Crippen molar-refractivity contribution in [2.45, 2.75) is 32.8 Å². The van der Waals surface area contributed by atoms with Crippen LogP contribution in [0.4, 0.5) is 0 Å². The van der Waals surface area contributed by atoms with E-state index in [0.29, 0.717) is 11.6 Å². The first-order valence-corrected chi connectivity index (χ1v) is 4.95. The summed E-state index contributed by atoms with van der Waals surface area (Å²) in [7, 11) is 0. The Kier molecular flexibility index (Phi) is 3.29. The topological polar surface area (TPSA) is 72.0 Å². The van der Waals surface area contributed by atoms with Crippen molar-refractivity contribution in [3.05, 3.63) is 23.9 Å². The minimum Gasteiger partial charge on any atom is -0.472 e. The van der Waals surface area contributed by atoms with Crippen molar-refractivity contribution in [3.63, 3.8) is 0 Å². The summed E-state index contributed by atoms with van der Waals surface area (Å²) in [5, 5.41) is 7.27. The van der Waals surface area contributed by atoms with Gasteiger partial charge in [0.2, 0.25) is 5.88 Å². The lowest BCUT2D eigenvalue weighted by Crippen LogP contribution is -2.27. The lowest BCUT2D eigenvalue weighted by atomic mass is 10.1. The third kappa shape index (κ3) is 3.23. The van der Waals surface area contributed by atoms with Crippen LogP contribution in [0, 0.1) is 5.41 Å². The van der Waals surface area contributed by atoms with Crippen LogP contribution in [0.15, 0.2) is 18.2 Å². The maximum atomic E-state index is 7.27. The van der Waals surface area contributed by atoms with E-state index in [1.165, 1.54) is 0 Å². The van der Waals surface area contributed by atoms with E-state index in [2.05, 4.69) is 11.9 Å². The summed E-state index contributed by atoms with van der Waals surface area (Å²) in [5.74, 6) is 0.462. The Morgan fingerprint density at radius 1 is 1.53 bits per heavy atom. The van der Waals surface area contributed by atoms with Crippen molar-refractivity contribution in [1.82, 2.24) is 4.98 Å². The predicted molar refractivity (Wildman–Crippen MR) is 60.3 cm³/mol. The molecule has 0 amide bonds. The molecule has 0 fully saturated rings. The third-order valence-corrected chi connectivity index (χ3v) is 2.23. The van der Waals surface area contributed by atoms with E-state index >= 15 is 0 Å². The number of ether oxygens (including phenoxy) is 1. The third-order valence-electron chi connectivity index (χ3n) is 2.23. The molecule has 15 heavy (non-hydrogen) atoms. The first-order valence-electron chi connectivity index (χ1n) is 4.95. The van der Waals surface area contributed by atoms with E-state index < -0.39 is 0 Å². The van der Waals surface area contributed by atoms with Crippen molar-refractivity contribution in [2.24, 2.45) is 5.73 Å². The van der Waals surface area contributed by atoms with Gasteiger partial charge in [-0.15, -0.1) is 0 Å². The molecule has 82 valence electrons. The van der Waals surface area contributed by atoms with E-state index in [1.54, 1.807) is 18.2 Å². The van der Waals surface area contributed by atoms with E-state index in [1.807, 2.05) is 13.8 Å². The lowest BCUT2D eigenvalue weighted by molar-refractivity contribution is 0.0990. The van der Waals surface area contributed by atoms with E-state index in [-0.39, 0.29) is 11.4 Å². The SMILES string of the molecule is CCC(C)(C)Oc1cccc(C(=N)N)n1. The fraction of sp³-hybridized carbons (Fsp3) is 0.455. The van der Waals surface area contributed by atoms with Crippen LogP contribution in [0.1, 0.15) is 32.9 Å². The van der Waals surface area contributed by atoms with Crippen LogP contribution in [0.3, 0.4) is 0 Å². The van der Waals surface area contributed by atoms with Gasteiger partial charge >= 0.3 is 0 Å². The molecule has 0 aromatic carbocycles. The molecule has 0 aliphatic carbocycles. The maximum absolute atomic E-state index is 7.27. The minimum absolute atomic E-state index is 0.0465. The number of aromatic nitrogens is 1. The number of nitrogen functional groups attached to an aromatic ring is 1. The molecule has 0 aliphatic rings. The van der Waals surface area contributed by atoms with E-state index in [4.69, 9.17) is 15.9 Å². The number of hydrogen-bond donors (Lipinski definition) is 2. The molecule has 0 saturated carbocycles. The zero-order valence-corrected chi connectivity index (χ0v) is 9.37. The summed E-state index contributed by atoms with van der Waals surface area (Å²) in [4.78, 5) is 4.13. The van der Waals surface area contributed by atoms with Gasteiger partial charge < -0.3 is 10.5 Å². The van der Waals surface area contributed by atoms with Crippen molar-refractivity contribution in [1.29, 1.82) is 5.41 Å². The molecule has 3 N–H and O–H groups in total. The van der Waals surface area contributed by atoms with Gasteiger partial charge in [0.1, 0.15) is 17.1 Å². The second kappa shape index (κ2) is 4.29. The molecule has 0 bridgehead atoms. The molecule has 1 heterocycles. The predicted octanol–water partition coefficient (Wildman–Crippen LogP) is 1.93. The van der Waals surface area contributed by atoms with Crippen LogP contribution < -0.4 is 10.5 Å². The van der Waals surface area contributed by atoms with Gasteiger partial charge in [-0.3, -0.25) is 5.41 Å². The van der Waals surface area contributed by atoms with Gasteiger partial charge in [0.15, 0.2) is 0 Å². The highest BCUT2D eigenvalue weighted by Crippen LogP contribution is 2.18. The van der Waals surface area contributed by atoms with Crippen LogP contribution in [0.2, 0.25) is 0 Å². The van der Waals surface area contributed by atoms with Crippen molar-refractivity contribution in [3.8, 4) is 5.88 Å². The number of pyridine rings is 1. The second-order valence-corrected chi connectivity index (χ2v) is 3.99. The lowest BCUT2D eigenvalue weighted by Gasteiger charge is -2.24. The van der Waals surface area contributed by atoms with Gasteiger partial charge in [0.25, 0.3) is 0 Å². The largest absolute Gasteiger partial charge is 0.472 e. The molecule has 4 heteroatoms. The zero-order chi connectivity index (χ0) is 11.5. The molecule has 1 aromatic rings. The summed E-state index contributed by atoms with van der Waals surface area (Å²) in [5.41, 5.74) is 5.54. The first kappa shape index (κ1) is 11.5. The van der Waals surface area contributed by atoms with E-state index in [9.17, 15) is 0 Å². The zero-order valence-electron chi connectivity index (χ0n) is 9.37. The Morgan fingerprint density at radius 3 is 2.73 bits per heavy atom. The second-order valence-electron chi connectivity index (χ2n) is 3.99. The number of nitrogens with zero attached hydrogens (tertiary/aromatic N) is 1. The van der Waals surface area contributed by atoms with Gasteiger partial charge in [0, 0.05) is 6.07 Å². The maximum Gasteiger partial charge on any atom is 0.214 e. The Labute approximate surface area is 90.0 Å². The number of nitrogens with two attached hydrogens (primary N) is 1. The molecular weight excluding hydrogens is 190 g/mol. The molecule has 1 aromatic heterocycles. The molecule has 0 unspecified atom stereocenters. The highest BCUT2D eigenvalue weighted by molar-refractivity contribution is 5.93. The Morgan fingerprint density at radius 2 is 2.20 bits per heavy atom. The van der Waals surface area contributed by atoms with Crippen LogP contribution in [0.25, 0.3) is 0 Å². The molecule has 4 nitrogen and oxygen atoms in total. The number of hydrogen-bond acceptors (Lipinski definition) is 3. The van der Waals surface area contributed by atoms with Crippen LogP contribution in [-0.2, 0) is 0 Å². The fourth-order valence-electron chi connectivity index (χ4n) is 0.977. The van der Waals surface area contributed by atoms with Crippen LogP contribution in [-0.4, -0.2) is 16.4 Å². The summed E-state index contributed by atoms with van der Waals surface area (Å²) < 4.78 is 5.68. The molecule has 0 radical (unpaired) electrons. The molecule has 0 atom stereocenters. The summed E-state index contributed by atoms with van der Waals surface area (Å²) in [6.45, 7) is 6.04. The fourth-order valence-corrected chi connectivity index (χ4v) is 0.977. The highest BCUT2D eigenvalue weighted by Gasteiger charge is 2.17. The number of amidine groups is 1. The standard InChI is InChI=1S/C11H17N3O/c1-4-11(2,3)15-9-7-5-6-8(14-9)10(12)13/h5-7H,4H2,1-3H3,(H3,12,13). The molecule has 0 spiro atoms. The first-order chi connectivity index (χ1) is 6.94.